The van der Waals surface area contributed by atoms with E-state index >= 15 is 0 Å². The van der Waals surface area contributed by atoms with Gasteiger partial charge in [-0.05, 0) is 31.0 Å². The van der Waals surface area contributed by atoms with E-state index in [0.29, 0.717) is 5.88 Å². The Morgan fingerprint density at radius 2 is 2.11 bits per heavy atom. The summed E-state index contributed by atoms with van der Waals surface area (Å²) in [6, 6.07) is 4.85. The first-order valence-electron chi connectivity index (χ1n) is 5.93. The molecule has 0 aromatic heterocycles. The van der Waals surface area contributed by atoms with Crippen LogP contribution < -0.4 is 5.32 Å². The molecule has 1 aliphatic rings. The average molecular weight is 333 g/mol. The molecule has 1 aliphatic carbocycles. The number of phenolic OH excluding ortho intramolecular Hbond substituents is 1. The molecule has 0 unspecified atom stereocenters. The first kappa shape index (κ1) is 13.7. The third kappa shape index (κ3) is 2.81. The Morgan fingerprint density at radius 1 is 1.44 bits per heavy atom. The van der Waals surface area contributed by atoms with Crippen LogP contribution in [0, 0.1) is 0 Å². The molecule has 1 fully saturated rings. The Balaban J connectivity index is 2.16. The number of hydrogen-bond acceptors (Lipinski definition) is 2. The molecule has 98 valence electrons. The van der Waals surface area contributed by atoms with E-state index < -0.39 is 0 Å². The van der Waals surface area contributed by atoms with Gasteiger partial charge in [0.15, 0.2) is 0 Å². The lowest BCUT2D eigenvalue weighted by Crippen LogP contribution is -2.47. The van der Waals surface area contributed by atoms with Crippen LogP contribution in [0.3, 0.4) is 0 Å². The van der Waals surface area contributed by atoms with Crippen molar-refractivity contribution in [3.8, 4) is 5.75 Å². The Labute approximate surface area is 120 Å². The van der Waals surface area contributed by atoms with Crippen molar-refractivity contribution >= 4 is 33.4 Å². The topological polar surface area (TPSA) is 49.3 Å². The number of aromatic hydroxyl groups is 1. The minimum absolute atomic E-state index is 0.0235. The second kappa shape index (κ2) is 5.49. The number of alkyl halides is 1. The Morgan fingerprint density at radius 3 is 2.67 bits per heavy atom. The second-order valence-electron chi connectivity index (χ2n) is 4.74. The van der Waals surface area contributed by atoms with Crippen LogP contribution in [0.25, 0.3) is 0 Å². The Bertz CT molecular complexity index is 458. The molecule has 5 heteroatoms. The molecule has 0 heterocycles. The summed E-state index contributed by atoms with van der Waals surface area (Å²) in [4.78, 5) is 12.2. The molecule has 2 N–H and O–H groups in total. The summed E-state index contributed by atoms with van der Waals surface area (Å²) in [5.41, 5.74) is -0.0207. The van der Waals surface area contributed by atoms with Gasteiger partial charge in [-0.2, -0.15) is 0 Å². The highest BCUT2D eigenvalue weighted by Crippen LogP contribution is 2.32. The van der Waals surface area contributed by atoms with E-state index in [9.17, 15) is 9.90 Å². The summed E-state index contributed by atoms with van der Waals surface area (Å²) in [5, 5.41) is 12.7. The normalized spacial score (nSPS) is 17.7. The standard InChI is InChI=1S/C13H15BrClNO2/c14-9-3-4-10(11(17)7-9)12(18)16-13(8-15)5-1-2-6-13/h3-4,7,17H,1-2,5-6,8H2,(H,16,18). The van der Waals surface area contributed by atoms with Crippen molar-refractivity contribution in [2.75, 3.05) is 5.88 Å². The van der Waals surface area contributed by atoms with Crippen molar-refractivity contribution in [3.63, 3.8) is 0 Å². The monoisotopic (exact) mass is 331 g/mol. The molecular weight excluding hydrogens is 318 g/mol. The first-order chi connectivity index (χ1) is 8.56. The minimum atomic E-state index is -0.307. The second-order valence-corrected chi connectivity index (χ2v) is 5.92. The molecule has 0 radical (unpaired) electrons. The van der Waals surface area contributed by atoms with Gasteiger partial charge in [-0.1, -0.05) is 28.8 Å². The molecule has 0 saturated heterocycles. The zero-order valence-electron chi connectivity index (χ0n) is 9.88. The maximum absolute atomic E-state index is 12.2. The lowest BCUT2D eigenvalue weighted by molar-refractivity contribution is 0.0906. The van der Waals surface area contributed by atoms with Crippen LogP contribution in [-0.4, -0.2) is 22.4 Å². The summed E-state index contributed by atoms with van der Waals surface area (Å²) in [6.45, 7) is 0. The van der Waals surface area contributed by atoms with Crippen molar-refractivity contribution in [2.45, 2.75) is 31.2 Å². The van der Waals surface area contributed by atoms with E-state index in [1.807, 2.05) is 0 Å². The van der Waals surface area contributed by atoms with E-state index in [2.05, 4.69) is 21.2 Å². The number of rotatable bonds is 3. The fraction of sp³-hybridized carbons (Fsp3) is 0.462. The van der Waals surface area contributed by atoms with Crippen LogP contribution in [-0.2, 0) is 0 Å². The first-order valence-corrected chi connectivity index (χ1v) is 7.26. The highest BCUT2D eigenvalue weighted by molar-refractivity contribution is 9.10. The van der Waals surface area contributed by atoms with Gasteiger partial charge in [0.1, 0.15) is 5.75 Å². The van der Waals surface area contributed by atoms with Crippen molar-refractivity contribution < 1.29 is 9.90 Å². The quantitative estimate of drug-likeness (QED) is 0.833. The van der Waals surface area contributed by atoms with E-state index in [1.54, 1.807) is 12.1 Å². The molecule has 1 saturated carbocycles. The van der Waals surface area contributed by atoms with Crippen LogP contribution in [0.4, 0.5) is 0 Å². The largest absolute Gasteiger partial charge is 0.507 e. The summed E-state index contributed by atoms with van der Waals surface area (Å²) in [7, 11) is 0. The number of carbonyl (C=O) groups is 1. The molecule has 0 aliphatic heterocycles. The minimum Gasteiger partial charge on any atom is -0.507 e. The lowest BCUT2D eigenvalue weighted by atomic mass is 9.99. The van der Waals surface area contributed by atoms with Gasteiger partial charge in [0.2, 0.25) is 0 Å². The van der Waals surface area contributed by atoms with Gasteiger partial charge in [-0.3, -0.25) is 4.79 Å². The van der Waals surface area contributed by atoms with E-state index in [1.165, 1.54) is 6.07 Å². The number of hydrogen-bond donors (Lipinski definition) is 2. The van der Waals surface area contributed by atoms with E-state index in [0.717, 1.165) is 30.2 Å². The number of benzene rings is 1. The van der Waals surface area contributed by atoms with Gasteiger partial charge in [-0.15, -0.1) is 11.6 Å². The third-order valence-corrected chi connectivity index (χ3v) is 4.40. The van der Waals surface area contributed by atoms with Crippen molar-refractivity contribution in [3.05, 3.63) is 28.2 Å². The molecule has 1 aromatic carbocycles. The van der Waals surface area contributed by atoms with Gasteiger partial charge in [0.05, 0.1) is 11.1 Å². The number of phenols is 1. The van der Waals surface area contributed by atoms with Gasteiger partial charge in [-0.25, -0.2) is 0 Å². The van der Waals surface area contributed by atoms with Gasteiger partial charge in [0, 0.05) is 10.4 Å². The molecule has 0 atom stereocenters. The average Bonchev–Trinajstić information content (AvgIpc) is 2.78. The summed E-state index contributed by atoms with van der Waals surface area (Å²) >= 11 is 9.22. The van der Waals surface area contributed by atoms with Crippen LogP contribution in [0.15, 0.2) is 22.7 Å². The fourth-order valence-electron chi connectivity index (χ4n) is 2.35. The van der Waals surface area contributed by atoms with Gasteiger partial charge >= 0.3 is 0 Å². The molecular formula is C13H15BrClNO2. The fourth-order valence-corrected chi connectivity index (χ4v) is 3.03. The predicted octanol–water partition coefficient (Wildman–Crippen LogP) is 3.44. The highest BCUT2D eigenvalue weighted by Gasteiger charge is 2.35. The van der Waals surface area contributed by atoms with Crippen LogP contribution >= 0.6 is 27.5 Å². The zero-order chi connectivity index (χ0) is 13.2. The smallest absolute Gasteiger partial charge is 0.255 e. The summed E-state index contributed by atoms with van der Waals surface area (Å²) < 4.78 is 0.740. The van der Waals surface area contributed by atoms with Crippen molar-refractivity contribution in [1.29, 1.82) is 0 Å². The maximum Gasteiger partial charge on any atom is 0.255 e. The Kier molecular flexibility index (Phi) is 4.17. The molecule has 0 spiro atoms. The zero-order valence-corrected chi connectivity index (χ0v) is 12.2. The van der Waals surface area contributed by atoms with Gasteiger partial charge in [0.25, 0.3) is 5.91 Å². The van der Waals surface area contributed by atoms with E-state index in [4.69, 9.17) is 11.6 Å². The van der Waals surface area contributed by atoms with Crippen LogP contribution in [0.1, 0.15) is 36.0 Å². The lowest BCUT2D eigenvalue weighted by Gasteiger charge is -2.28. The highest BCUT2D eigenvalue weighted by atomic mass is 79.9. The molecule has 3 nitrogen and oxygen atoms in total. The Hall–Kier alpha value is -0.740. The van der Waals surface area contributed by atoms with Crippen molar-refractivity contribution in [1.82, 2.24) is 5.32 Å². The summed E-state index contributed by atoms with van der Waals surface area (Å²) in [5.74, 6) is 0.128. The predicted molar refractivity (Wildman–Crippen MR) is 75.2 cm³/mol. The molecule has 18 heavy (non-hydrogen) atoms. The molecule has 1 amide bonds. The number of carbonyl (C=O) groups excluding carboxylic acids is 1. The van der Waals surface area contributed by atoms with Crippen LogP contribution in [0.5, 0.6) is 5.75 Å². The SMILES string of the molecule is O=C(NC1(CCl)CCCC1)c1ccc(Br)cc1O. The van der Waals surface area contributed by atoms with E-state index in [-0.39, 0.29) is 22.8 Å². The van der Waals surface area contributed by atoms with Gasteiger partial charge < -0.3 is 10.4 Å². The number of amides is 1. The van der Waals surface area contributed by atoms with Crippen LogP contribution in [0.2, 0.25) is 0 Å². The summed E-state index contributed by atoms with van der Waals surface area (Å²) in [6.07, 6.45) is 3.97. The number of nitrogens with one attached hydrogen (secondary N) is 1. The molecule has 1 aromatic rings. The number of halogens is 2. The van der Waals surface area contributed by atoms with Crippen molar-refractivity contribution in [2.24, 2.45) is 0 Å². The maximum atomic E-state index is 12.2. The molecule has 0 bridgehead atoms. The molecule has 2 rings (SSSR count). The third-order valence-electron chi connectivity index (χ3n) is 3.40.